The average Bonchev–Trinajstić information content (AvgIpc) is 3.47. The minimum Gasteiger partial charge on any atom is -0.463 e. The molecule has 0 radical (unpaired) electrons. The van der Waals surface area contributed by atoms with E-state index in [1.54, 1.807) is 28.9 Å². The summed E-state index contributed by atoms with van der Waals surface area (Å²) in [6.45, 7) is 1.44. The Bertz CT molecular complexity index is 1270. The molecule has 0 spiro atoms. The topological polar surface area (TPSA) is 96.2 Å². The van der Waals surface area contributed by atoms with Crippen molar-refractivity contribution in [3.63, 3.8) is 0 Å². The molecule has 0 saturated carbocycles. The number of halogens is 1. The van der Waals surface area contributed by atoms with Gasteiger partial charge in [0.25, 0.3) is 5.89 Å². The second-order valence-corrected chi connectivity index (χ2v) is 6.54. The van der Waals surface area contributed by atoms with Gasteiger partial charge in [-0.15, -0.1) is 5.10 Å². The number of nitrogens with zero attached hydrogens (tertiary/aromatic N) is 7. The van der Waals surface area contributed by atoms with Crippen LogP contribution in [0.25, 0.3) is 28.8 Å². The Morgan fingerprint density at radius 2 is 1.90 bits per heavy atom. The molecule has 10 heteroatoms. The molecule has 0 aliphatic rings. The molecule has 0 N–H and O–H groups in total. The highest BCUT2D eigenvalue weighted by atomic mass is 19.1. The third-order valence-corrected chi connectivity index (χ3v) is 4.53. The molecule has 0 aliphatic carbocycles. The first kappa shape index (κ1) is 18.0. The Morgan fingerprint density at radius 1 is 1.03 bits per heavy atom. The summed E-state index contributed by atoms with van der Waals surface area (Å²) < 4.78 is 26.1. The molecule has 0 aliphatic heterocycles. The van der Waals surface area contributed by atoms with Crippen molar-refractivity contribution in [1.29, 1.82) is 0 Å². The highest BCUT2D eigenvalue weighted by Crippen LogP contribution is 2.23. The number of benzene rings is 1. The van der Waals surface area contributed by atoms with Crippen LogP contribution in [-0.4, -0.2) is 41.2 Å². The highest BCUT2D eigenvalue weighted by molar-refractivity contribution is 5.57. The predicted molar refractivity (Wildman–Crippen MR) is 104 cm³/mol. The lowest BCUT2D eigenvalue weighted by molar-refractivity contribution is 0.192. The third kappa shape index (κ3) is 3.39. The number of aryl methyl sites for hydroxylation is 1. The van der Waals surface area contributed by atoms with Gasteiger partial charge < -0.3 is 13.7 Å². The number of hydrogen-bond acceptors (Lipinski definition) is 7. The molecule has 9 nitrogen and oxygen atoms in total. The first-order valence-corrected chi connectivity index (χ1v) is 9.17. The number of fused-ring (bicyclic) bond motifs is 1. The summed E-state index contributed by atoms with van der Waals surface area (Å²) in [6, 6.07) is 12.6. The van der Waals surface area contributed by atoms with Gasteiger partial charge in [-0.1, -0.05) is 11.2 Å². The fourth-order valence-electron chi connectivity index (χ4n) is 3.07. The van der Waals surface area contributed by atoms with E-state index >= 15 is 0 Å². The van der Waals surface area contributed by atoms with Crippen LogP contribution in [0.3, 0.4) is 0 Å². The average molecular weight is 405 g/mol. The van der Waals surface area contributed by atoms with E-state index in [-0.39, 0.29) is 5.89 Å². The summed E-state index contributed by atoms with van der Waals surface area (Å²) in [6.07, 6.45) is 3.90. The van der Waals surface area contributed by atoms with Gasteiger partial charge in [0.2, 0.25) is 18.5 Å². The van der Waals surface area contributed by atoms with E-state index in [1.807, 2.05) is 41.9 Å². The maximum Gasteiger partial charge on any atom is 0.297 e. The van der Waals surface area contributed by atoms with Crippen LogP contribution in [0.5, 0.6) is 5.75 Å². The van der Waals surface area contributed by atoms with Crippen molar-refractivity contribution in [3.8, 4) is 28.9 Å². The molecule has 150 valence electrons. The lowest BCUT2D eigenvalue weighted by Gasteiger charge is -2.00. The number of rotatable bonds is 6. The van der Waals surface area contributed by atoms with E-state index in [0.29, 0.717) is 35.3 Å². The quantitative estimate of drug-likeness (QED) is 0.428. The zero-order valence-electron chi connectivity index (χ0n) is 15.9. The van der Waals surface area contributed by atoms with Crippen molar-refractivity contribution in [1.82, 2.24) is 34.3 Å². The van der Waals surface area contributed by atoms with Gasteiger partial charge in [-0.25, -0.2) is 19.0 Å². The highest BCUT2D eigenvalue weighted by Gasteiger charge is 2.17. The number of aromatic nitrogens is 7. The second kappa shape index (κ2) is 7.39. The summed E-state index contributed by atoms with van der Waals surface area (Å²) >= 11 is 0. The summed E-state index contributed by atoms with van der Waals surface area (Å²) in [5, 5.41) is 8.47. The number of ether oxygens (including phenoxy) is 1. The smallest absolute Gasteiger partial charge is 0.297 e. The van der Waals surface area contributed by atoms with Crippen LogP contribution < -0.4 is 4.74 Å². The van der Waals surface area contributed by atoms with Crippen molar-refractivity contribution in [2.45, 2.75) is 13.5 Å². The maximum absolute atomic E-state index is 12.2. The Labute approximate surface area is 169 Å². The molecule has 0 bridgehead atoms. The van der Waals surface area contributed by atoms with Crippen molar-refractivity contribution in [3.05, 3.63) is 66.4 Å². The van der Waals surface area contributed by atoms with Gasteiger partial charge in [-0.05, 0) is 43.3 Å². The Kier molecular flexibility index (Phi) is 4.43. The molecule has 4 aromatic heterocycles. The molecule has 0 atom stereocenters. The SMILES string of the molecule is Cc1nc(-c2nc(-c3ccc(OCF)cc3)no2)nn1Cc1cn2ccccc2n1. The number of pyridine rings is 1. The molecular weight excluding hydrogens is 389 g/mol. The zero-order valence-corrected chi connectivity index (χ0v) is 15.9. The van der Waals surface area contributed by atoms with E-state index in [2.05, 4.69) is 25.2 Å². The number of imidazole rings is 1. The van der Waals surface area contributed by atoms with Crippen LogP contribution in [0.4, 0.5) is 4.39 Å². The van der Waals surface area contributed by atoms with Gasteiger partial charge in [0.15, 0.2) is 0 Å². The standard InChI is InChI=1S/C20H16FN7O2/c1-13-22-19(25-28(13)11-15-10-27-9-3-2-4-17(27)23-15)20-24-18(26-30-20)14-5-7-16(8-6-14)29-12-21/h2-10H,11-12H2,1H3. The molecule has 1 aromatic carbocycles. The van der Waals surface area contributed by atoms with Gasteiger partial charge >= 0.3 is 0 Å². The van der Waals surface area contributed by atoms with E-state index in [9.17, 15) is 4.39 Å². The number of hydrogen-bond donors (Lipinski definition) is 0. The molecule has 5 rings (SSSR count). The first-order valence-electron chi connectivity index (χ1n) is 9.17. The van der Waals surface area contributed by atoms with Gasteiger partial charge in [0, 0.05) is 18.0 Å². The van der Waals surface area contributed by atoms with E-state index in [0.717, 1.165) is 11.3 Å². The van der Waals surface area contributed by atoms with Crippen molar-refractivity contribution in [2.75, 3.05) is 6.86 Å². The maximum atomic E-state index is 12.2. The summed E-state index contributed by atoms with van der Waals surface area (Å²) in [5.74, 6) is 2.06. The molecule has 0 fully saturated rings. The minimum absolute atomic E-state index is 0.214. The lowest BCUT2D eigenvalue weighted by Crippen LogP contribution is -2.04. The molecule has 0 saturated heterocycles. The van der Waals surface area contributed by atoms with Crippen LogP contribution >= 0.6 is 0 Å². The predicted octanol–water partition coefficient (Wildman–Crippen LogP) is 3.31. The van der Waals surface area contributed by atoms with E-state index in [4.69, 9.17) is 9.26 Å². The lowest BCUT2D eigenvalue weighted by atomic mass is 10.2. The van der Waals surface area contributed by atoms with Gasteiger partial charge in [0.1, 0.15) is 17.2 Å². The van der Waals surface area contributed by atoms with Crippen LogP contribution in [-0.2, 0) is 6.54 Å². The second-order valence-electron chi connectivity index (χ2n) is 6.54. The summed E-state index contributed by atoms with van der Waals surface area (Å²) in [4.78, 5) is 13.4. The molecule has 0 unspecified atom stereocenters. The van der Waals surface area contributed by atoms with Gasteiger partial charge in [-0.2, -0.15) is 4.98 Å². The summed E-state index contributed by atoms with van der Waals surface area (Å²) in [7, 11) is 0. The fraction of sp³-hybridized carbons (Fsp3) is 0.150. The monoisotopic (exact) mass is 405 g/mol. The molecular formula is C20H16FN7O2. The normalized spacial score (nSPS) is 11.3. The summed E-state index contributed by atoms with van der Waals surface area (Å²) in [5.41, 5.74) is 2.44. The van der Waals surface area contributed by atoms with Gasteiger partial charge in [0.05, 0.1) is 12.2 Å². The zero-order chi connectivity index (χ0) is 20.5. The van der Waals surface area contributed by atoms with Crippen LogP contribution in [0.2, 0.25) is 0 Å². The Morgan fingerprint density at radius 3 is 2.70 bits per heavy atom. The molecule has 4 heterocycles. The van der Waals surface area contributed by atoms with Crippen LogP contribution in [0, 0.1) is 6.92 Å². The first-order chi connectivity index (χ1) is 14.7. The number of alkyl halides is 1. The largest absolute Gasteiger partial charge is 0.463 e. The third-order valence-electron chi connectivity index (χ3n) is 4.53. The Balaban J connectivity index is 1.38. The van der Waals surface area contributed by atoms with E-state index in [1.165, 1.54) is 0 Å². The van der Waals surface area contributed by atoms with Crippen LogP contribution in [0.15, 0.2) is 59.4 Å². The fourth-order valence-corrected chi connectivity index (χ4v) is 3.07. The molecule has 0 amide bonds. The Hall–Kier alpha value is -4.08. The van der Waals surface area contributed by atoms with Crippen molar-refractivity contribution in [2.24, 2.45) is 0 Å². The molecule has 5 aromatic rings. The molecule has 30 heavy (non-hydrogen) atoms. The van der Waals surface area contributed by atoms with E-state index < -0.39 is 6.86 Å². The van der Waals surface area contributed by atoms with Crippen molar-refractivity contribution < 1.29 is 13.7 Å². The van der Waals surface area contributed by atoms with Gasteiger partial charge in [-0.3, -0.25) is 0 Å². The minimum atomic E-state index is -0.881. The van der Waals surface area contributed by atoms with Crippen LogP contribution in [0.1, 0.15) is 11.5 Å². The van der Waals surface area contributed by atoms with Crippen molar-refractivity contribution >= 4 is 5.65 Å².